The van der Waals surface area contributed by atoms with Crippen LogP contribution in [0.1, 0.15) is 10.4 Å². The van der Waals surface area contributed by atoms with Crippen molar-refractivity contribution in [2.75, 3.05) is 26.4 Å². The molecule has 2 rings (SSSR count). The predicted molar refractivity (Wildman–Crippen MR) is 82.5 cm³/mol. The number of hydrogen-bond acceptors (Lipinski definition) is 8. The third-order valence-electron chi connectivity index (χ3n) is 3.91. The SMILES string of the molecule is COC(=O)c1cccc(N2O[C@H](C(=O)OC)[C@H](C(=O)OC)[C@H]2C(F)(F)F)c1. The third kappa shape index (κ3) is 3.97. The summed E-state index contributed by atoms with van der Waals surface area (Å²) in [6.45, 7) is 0. The van der Waals surface area contributed by atoms with Crippen LogP contribution in [-0.2, 0) is 28.6 Å². The predicted octanol–water partition coefficient (Wildman–Crippen LogP) is 1.49. The summed E-state index contributed by atoms with van der Waals surface area (Å²) < 4.78 is 54.6. The largest absolute Gasteiger partial charge is 0.469 e. The molecule has 0 N–H and O–H groups in total. The fourth-order valence-electron chi connectivity index (χ4n) is 2.71. The van der Waals surface area contributed by atoms with Gasteiger partial charge in [0.15, 0.2) is 12.1 Å². The number of ether oxygens (including phenoxy) is 3. The van der Waals surface area contributed by atoms with Crippen LogP contribution in [0.4, 0.5) is 18.9 Å². The first-order valence-corrected chi connectivity index (χ1v) is 7.52. The highest BCUT2D eigenvalue weighted by Crippen LogP contribution is 2.42. The van der Waals surface area contributed by atoms with Crippen molar-refractivity contribution in [1.29, 1.82) is 0 Å². The molecular weight excluding hydrogens is 375 g/mol. The molecule has 8 nitrogen and oxygen atoms in total. The number of esters is 3. The number of hydrogen-bond donors (Lipinski definition) is 0. The van der Waals surface area contributed by atoms with E-state index in [-0.39, 0.29) is 11.3 Å². The number of nitrogens with zero attached hydrogens (tertiary/aromatic N) is 1. The molecule has 1 aliphatic rings. The maximum atomic E-state index is 13.7. The first-order chi connectivity index (χ1) is 12.6. The number of benzene rings is 1. The van der Waals surface area contributed by atoms with E-state index < -0.39 is 42.1 Å². The van der Waals surface area contributed by atoms with Crippen molar-refractivity contribution in [3.05, 3.63) is 29.8 Å². The Balaban J connectivity index is 2.55. The zero-order valence-electron chi connectivity index (χ0n) is 14.5. The maximum absolute atomic E-state index is 13.7. The first kappa shape index (κ1) is 20.5. The number of anilines is 1. The minimum Gasteiger partial charge on any atom is -0.469 e. The highest BCUT2D eigenvalue weighted by Gasteiger charge is 2.62. The molecule has 1 aromatic rings. The molecule has 0 spiro atoms. The van der Waals surface area contributed by atoms with E-state index >= 15 is 0 Å². The molecular formula is C16H16F3NO7. The van der Waals surface area contributed by atoms with Crippen LogP contribution in [0.3, 0.4) is 0 Å². The fraction of sp³-hybridized carbons (Fsp3) is 0.438. The second-order valence-electron chi connectivity index (χ2n) is 5.45. The summed E-state index contributed by atoms with van der Waals surface area (Å²) in [5.74, 6) is -5.27. The quantitative estimate of drug-likeness (QED) is 0.563. The second-order valence-corrected chi connectivity index (χ2v) is 5.45. The van der Waals surface area contributed by atoms with Gasteiger partial charge < -0.3 is 14.2 Å². The van der Waals surface area contributed by atoms with Crippen molar-refractivity contribution in [3.8, 4) is 0 Å². The Morgan fingerprint density at radius 1 is 1.04 bits per heavy atom. The zero-order valence-corrected chi connectivity index (χ0v) is 14.5. The molecule has 1 aromatic carbocycles. The molecule has 0 aromatic heterocycles. The van der Waals surface area contributed by atoms with E-state index in [2.05, 4.69) is 14.2 Å². The number of methoxy groups -OCH3 is 3. The molecule has 148 valence electrons. The summed E-state index contributed by atoms with van der Waals surface area (Å²) in [7, 11) is 2.95. The van der Waals surface area contributed by atoms with Crippen LogP contribution in [0, 0.1) is 5.92 Å². The number of alkyl halides is 3. The second kappa shape index (κ2) is 7.82. The van der Waals surface area contributed by atoms with Crippen molar-refractivity contribution in [1.82, 2.24) is 0 Å². The molecule has 27 heavy (non-hydrogen) atoms. The van der Waals surface area contributed by atoms with Crippen molar-refractivity contribution in [2.24, 2.45) is 5.92 Å². The normalized spacial score (nSPS) is 22.3. The van der Waals surface area contributed by atoms with Crippen LogP contribution >= 0.6 is 0 Å². The van der Waals surface area contributed by atoms with Gasteiger partial charge in [-0.2, -0.15) is 13.2 Å². The third-order valence-corrected chi connectivity index (χ3v) is 3.91. The summed E-state index contributed by atoms with van der Waals surface area (Å²) in [4.78, 5) is 40.7. The maximum Gasteiger partial charge on any atom is 0.412 e. The van der Waals surface area contributed by atoms with Crippen molar-refractivity contribution < 1.29 is 46.6 Å². The van der Waals surface area contributed by atoms with E-state index in [0.29, 0.717) is 5.06 Å². The van der Waals surface area contributed by atoms with E-state index in [0.717, 1.165) is 27.4 Å². The number of carbonyl (C=O) groups is 3. The van der Waals surface area contributed by atoms with Gasteiger partial charge in [0.1, 0.15) is 5.92 Å². The molecule has 1 saturated heterocycles. The number of halogens is 3. The lowest BCUT2D eigenvalue weighted by Gasteiger charge is -2.28. The molecule has 0 unspecified atom stereocenters. The Hall–Kier alpha value is -2.82. The minimum atomic E-state index is -4.97. The molecule has 11 heteroatoms. The van der Waals surface area contributed by atoms with Gasteiger partial charge in [-0.25, -0.2) is 14.7 Å². The Morgan fingerprint density at radius 3 is 2.19 bits per heavy atom. The molecule has 0 aliphatic carbocycles. The topological polar surface area (TPSA) is 91.4 Å². The molecule has 0 bridgehead atoms. The van der Waals surface area contributed by atoms with Crippen LogP contribution in [0.5, 0.6) is 0 Å². The van der Waals surface area contributed by atoms with Crippen molar-refractivity contribution >= 4 is 23.6 Å². The van der Waals surface area contributed by atoms with E-state index in [1.807, 2.05) is 0 Å². The summed E-state index contributed by atoms with van der Waals surface area (Å²) in [5.41, 5.74) is -0.254. The van der Waals surface area contributed by atoms with E-state index in [9.17, 15) is 27.6 Å². The van der Waals surface area contributed by atoms with Crippen LogP contribution in [0.2, 0.25) is 0 Å². The lowest BCUT2D eigenvalue weighted by molar-refractivity contribution is -0.173. The van der Waals surface area contributed by atoms with Gasteiger partial charge in [-0.1, -0.05) is 6.07 Å². The standard InChI is InChI=1S/C16H16F3NO7/c1-24-13(21)8-5-4-6-9(7-8)20-12(16(17,18)19)10(14(22)25-2)11(27-20)15(23)26-3/h4-7,10-12H,1-3H3/t10-,11-,12-/m0/s1. The molecule has 1 fully saturated rings. The highest BCUT2D eigenvalue weighted by molar-refractivity contribution is 5.91. The molecule has 0 saturated carbocycles. The lowest BCUT2D eigenvalue weighted by atomic mass is 9.94. The lowest BCUT2D eigenvalue weighted by Crippen LogP contribution is -2.48. The van der Waals surface area contributed by atoms with E-state index in [4.69, 9.17) is 4.84 Å². The average Bonchev–Trinajstić information content (AvgIpc) is 3.07. The van der Waals surface area contributed by atoms with Crippen molar-refractivity contribution in [2.45, 2.75) is 18.3 Å². The van der Waals surface area contributed by atoms with Gasteiger partial charge in [-0.05, 0) is 18.2 Å². The number of carbonyl (C=O) groups excluding carboxylic acids is 3. The number of hydroxylamine groups is 1. The van der Waals surface area contributed by atoms with E-state index in [1.165, 1.54) is 18.2 Å². The molecule has 3 atom stereocenters. The monoisotopic (exact) mass is 391 g/mol. The molecule has 0 amide bonds. The minimum absolute atomic E-state index is 0.0457. The average molecular weight is 391 g/mol. The molecule has 1 aliphatic heterocycles. The molecule has 1 heterocycles. The first-order valence-electron chi connectivity index (χ1n) is 7.52. The Morgan fingerprint density at radius 2 is 1.67 bits per heavy atom. The van der Waals surface area contributed by atoms with Gasteiger partial charge in [0.05, 0.1) is 32.6 Å². The summed E-state index contributed by atoms with van der Waals surface area (Å²) in [6.07, 6.45) is -6.85. The molecule has 0 radical (unpaired) electrons. The Kier molecular flexibility index (Phi) is 5.94. The zero-order chi connectivity index (χ0) is 20.4. The van der Waals surface area contributed by atoms with Crippen LogP contribution in [0.15, 0.2) is 24.3 Å². The Labute approximate surface area is 151 Å². The van der Waals surface area contributed by atoms with Gasteiger partial charge in [0, 0.05) is 0 Å². The van der Waals surface area contributed by atoms with Gasteiger partial charge >= 0.3 is 24.1 Å². The smallest absolute Gasteiger partial charge is 0.412 e. The van der Waals surface area contributed by atoms with Gasteiger partial charge in [-0.15, -0.1) is 0 Å². The number of rotatable bonds is 4. The fourth-order valence-corrected chi connectivity index (χ4v) is 2.71. The van der Waals surface area contributed by atoms with Gasteiger partial charge in [-0.3, -0.25) is 9.63 Å². The van der Waals surface area contributed by atoms with Crippen molar-refractivity contribution in [3.63, 3.8) is 0 Å². The van der Waals surface area contributed by atoms with Crippen LogP contribution < -0.4 is 5.06 Å². The van der Waals surface area contributed by atoms with Gasteiger partial charge in [0.25, 0.3) is 0 Å². The van der Waals surface area contributed by atoms with Gasteiger partial charge in [0.2, 0.25) is 0 Å². The van der Waals surface area contributed by atoms with Crippen LogP contribution in [0.25, 0.3) is 0 Å². The van der Waals surface area contributed by atoms with E-state index in [1.54, 1.807) is 0 Å². The summed E-state index contributed by atoms with van der Waals surface area (Å²) in [5, 5.41) is 0.357. The van der Waals surface area contributed by atoms with Crippen LogP contribution in [-0.4, -0.2) is 57.6 Å². The summed E-state index contributed by atoms with van der Waals surface area (Å²) >= 11 is 0. The highest BCUT2D eigenvalue weighted by atomic mass is 19.4. The summed E-state index contributed by atoms with van der Waals surface area (Å²) in [6, 6.07) is 2.39. The Bertz CT molecular complexity index is 737.